The zero-order valence-corrected chi connectivity index (χ0v) is 14.5. The van der Waals surface area contributed by atoms with E-state index in [4.69, 9.17) is 4.42 Å². The number of rotatable bonds is 6. The van der Waals surface area contributed by atoms with Crippen LogP contribution in [0.1, 0.15) is 49.9 Å². The minimum Gasteiger partial charge on any atom is -0.472 e. The lowest BCUT2D eigenvalue weighted by molar-refractivity contribution is -0.137. The molecule has 0 bridgehead atoms. The molecule has 0 spiro atoms. The number of amides is 2. The Morgan fingerprint density at radius 1 is 1.29 bits per heavy atom. The smallest absolute Gasteiger partial charge is 0.255 e. The summed E-state index contributed by atoms with van der Waals surface area (Å²) in [5, 5.41) is 2.80. The molecule has 1 saturated heterocycles. The van der Waals surface area contributed by atoms with Crippen molar-refractivity contribution in [3.8, 4) is 0 Å². The number of piperidine rings is 1. The van der Waals surface area contributed by atoms with E-state index in [0.29, 0.717) is 17.6 Å². The molecule has 1 aliphatic carbocycles. The molecule has 24 heavy (non-hydrogen) atoms. The van der Waals surface area contributed by atoms with Gasteiger partial charge in [0.15, 0.2) is 0 Å². The Morgan fingerprint density at radius 2 is 1.96 bits per heavy atom. The normalized spacial score (nSPS) is 20.6. The standard InChI is InChI=1S/C18H27N3O3/c1-3-20-9-6-16(7-10-20)21(15-4-5-15)18(23)13(2)19-17(22)14-8-11-24-12-14/h8,11-13,15-16H,3-7,9-10H2,1-2H3,(H,19,22). The van der Waals surface area contributed by atoms with Gasteiger partial charge in [-0.25, -0.2) is 0 Å². The van der Waals surface area contributed by atoms with Crippen molar-refractivity contribution in [1.29, 1.82) is 0 Å². The third-order valence-electron chi connectivity index (χ3n) is 5.09. The van der Waals surface area contributed by atoms with E-state index in [1.807, 2.05) is 0 Å². The second-order valence-electron chi connectivity index (χ2n) is 6.85. The Bertz CT molecular complexity index is 560. The van der Waals surface area contributed by atoms with E-state index in [1.54, 1.807) is 13.0 Å². The Morgan fingerprint density at radius 3 is 2.50 bits per heavy atom. The minimum atomic E-state index is -0.516. The van der Waals surface area contributed by atoms with Gasteiger partial charge in [-0.3, -0.25) is 9.59 Å². The average molecular weight is 333 g/mol. The SMILES string of the molecule is CCN1CCC(N(C(=O)C(C)NC(=O)c2ccoc2)C2CC2)CC1. The van der Waals surface area contributed by atoms with Crippen LogP contribution in [0.4, 0.5) is 0 Å². The summed E-state index contributed by atoms with van der Waals surface area (Å²) >= 11 is 0. The zero-order chi connectivity index (χ0) is 17.1. The summed E-state index contributed by atoms with van der Waals surface area (Å²) in [6.45, 7) is 7.12. The fraction of sp³-hybridized carbons (Fsp3) is 0.667. The van der Waals surface area contributed by atoms with Gasteiger partial charge in [0.05, 0.1) is 11.8 Å². The van der Waals surface area contributed by atoms with Crippen LogP contribution in [0.15, 0.2) is 23.0 Å². The lowest BCUT2D eigenvalue weighted by atomic mass is 10.0. The van der Waals surface area contributed by atoms with E-state index < -0.39 is 6.04 Å². The maximum atomic E-state index is 13.0. The van der Waals surface area contributed by atoms with Gasteiger partial charge < -0.3 is 19.5 Å². The van der Waals surface area contributed by atoms with Crippen LogP contribution in [0.3, 0.4) is 0 Å². The van der Waals surface area contributed by atoms with E-state index in [0.717, 1.165) is 45.3 Å². The molecular weight excluding hydrogens is 306 g/mol. The van der Waals surface area contributed by atoms with E-state index in [-0.39, 0.29) is 11.8 Å². The maximum Gasteiger partial charge on any atom is 0.255 e. The first-order chi connectivity index (χ1) is 11.6. The van der Waals surface area contributed by atoms with E-state index >= 15 is 0 Å². The van der Waals surface area contributed by atoms with Crippen molar-refractivity contribution in [1.82, 2.24) is 15.1 Å². The topological polar surface area (TPSA) is 65.8 Å². The first kappa shape index (κ1) is 17.0. The molecule has 1 aliphatic heterocycles. The summed E-state index contributed by atoms with van der Waals surface area (Å²) in [6, 6.07) is 1.76. The Kier molecular flexibility index (Phi) is 5.23. The predicted molar refractivity (Wildman–Crippen MR) is 90.6 cm³/mol. The maximum absolute atomic E-state index is 13.0. The minimum absolute atomic E-state index is 0.0456. The second kappa shape index (κ2) is 7.38. The third kappa shape index (κ3) is 3.80. The lowest BCUT2D eigenvalue weighted by Crippen LogP contribution is -2.54. The van der Waals surface area contributed by atoms with Gasteiger partial charge in [-0.1, -0.05) is 6.92 Å². The largest absolute Gasteiger partial charge is 0.472 e. The Hall–Kier alpha value is -1.82. The van der Waals surface area contributed by atoms with Gasteiger partial charge in [-0.2, -0.15) is 0 Å². The molecule has 0 aromatic carbocycles. The molecule has 2 amide bonds. The molecule has 1 atom stereocenters. The number of likely N-dealkylation sites (tertiary alicyclic amines) is 1. The molecule has 2 aliphatic rings. The van der Waals surface area contributed by atoms with Crippen molar-refractivity contribution < 1.29 is 14.0 Å². The van der Waals surface area contributed by atoms with Crippen molar-refractivity contribution in [3.63, 3.8) is 0 Å². The zero-order valence-electron chi connectivity index (χ0n) is 14.5. The van der Waals surface area contributed by atoms with Crippen LogP contribution in [0, 0.1) is 0 Å². The van der Waals surface area contributed by atoms with Crippen LogP contribution in [-0.2, 0) is 4.79 Å². The van der Waals surface area contributed by atoms with Crippen molar-refractivity contribution in [2.45, 2.75) is 57.7 Å². The van der Waals surface area contributed by atoms with Gasteiger partial charge in [-0.05, 0) is 45.2 Å². The summed E-state index contributed by atoms with van der Waals surface area (Å²) in [4.78, 5) is 29.6. The van der Waals surface area contributed by atoms with Crippen LogP contribution >= 0.6 is 0 Å². The van der Waals surface area contributed by atoms with Gasteiger partial charge in [0.2, 0.25) is 5.91 Å². The van der Waals surface area contributed by atoms with Crippen LogP contribution in [0.2, 0.25) is 0 Å². The van der Waals surface area contributed by atoms with Gasteiger partial charge in [-0.15, -0.1) is 0 Å². The van der Waals surface area contributed by atoms with E-state index in [9.17, 15) is 9.59 Å². The van der Waals surface area contributed by atoms with Crippen molar-refractivity contribution in [3.05, 3.63) is 24.2 Å². The molecule has 6 nitrogen and oxygen atoms in total. The molecule has 132 valence electrons. The molecule has 0 radical (unpaired) electrons. The second-order valence-corrected chi connectivity index (χ2v) is 6.85. The molecule has 1 unspecified atom stereocenters. The van der Waals surface area contributed by atoms with Gasteiger partial charge >= 0.3 is 0 Å². The molecule has 6 heteroatoms. The lowest BCUT2D eigenvalue weighted by Gasteiger charge is -2.39. The molecule has 1 aromatic rings. The number of furan rings is 1. The van der Waals surface area contributed by atoms with E-state index in [2.05, 4.69) is 22.0 Å². The Balaban J connectivity index is 1.61. The highest BCUT2D eigenvalue weighted by molar-refractivity contribution is 5.97. The monoisotopic (exact) mass is 333 g/mol. The van der Waals surface area contributed by atoms with Crippen molar-refractivity contribution in [2.75, 3.05) is 19.6 Å². The number of hydrogen-bond acceptors (Lipinski definition) is 4. The van der Waals surface area contributed by atoms with Gasteiger partial charge in [0, 0.05) is 25.2 Å². The number of nitrogens with zero attached hydrogens (tertiary/aromatic N) is 2. The summed E-state index contributed by atoms with van der Waals surface area (Å²) in [7, 11) is 0. The van der Waals surface area contributed by atoms with E-state index in [1.165, 1.54) is 12.5 Å². The highest BCUT2D eigenvalue weighted by Gasteiger charge is 2.40. The van der Waals surface area contributed by atoms with Crippen molar-refractivity contribution in [2.24, 2.45) is 0 Å². The molecule has 2 fully saturated rings. The summed E-state index contributed by atoms with van der Waals surface area (Å²) in [5.74, 6) is -0.217. The number of nitrogens with one attached hydrogen (secondary N) is 1. The fourth-order valence-corrected chi connectivity index (χ4v) is 3.48. The Labute approximate surface area is 143 Å². The van der Waals surface area contributed by atoms with Crippen LogP contribution < -0.4 is 5.32 Å². The summed E-state index contributed by atoms with van der Waals surface area (Å²) in [6.07, 6.45) is 7.08. The van der Waals surface area contributed by atoms with Crippen LogP contribution in [0.5, 0.6) is 0 Å². The average Bonchev–Trinajstić information content (AvgIpc) is 3.26. The first-order valence-electron chi connectivity index (χ1n) is 8.97. The first-order valence-corrected chi connectivity index (χ1v) is 8.97. The third-order valence-corrected chi connectivity index (χ3v) is 5.09. The van der Waals surface area contributed by atoms with Crippen LogP contribution in [0.25, 0.3) is 0 Å². The van der Waals surface area contributed by atoms with Crippen molar-refractivity contribution >= 4 is 11.8 Å². The summed E-state index contributed by atoms with van der Waals surface area (Å²) < 4.78 is 4.93. The van der Waals surface area contributed by atoms with Gasteiger partial charge in [0.25, 0.3) is 5.91 Å². The highest BCUT2D eigenvalue weighted by Crippen LogP contribution is 2.32. The number of carbonyl (C=O) groups excluding carboxylic acids is 2. The molecule has 1 saturated carbocycles. The molecule has 2 heterocycles. The molecule has 1 aromatic heterocycles. The number of carbonyl (C=O) groups is 2. The predicted octanol–water partition coefficient (Wildman–Crippen LogP) is 1.87. The highest BCUT2D eigenvalue weighted by atomic mass is 16.3. The summed E-state index contributed by atoms with van der Waals surface area (Å²) in [5.41, 5.74) is 0.448. The molecular formula is C18H27N3O3. The van der Waals surface area contributed by atoms with Crippen LogP contribution in [-0.4, -0.2) is 59.4 Å². The quantitative estimate of drug-likeness (QED) is 0.863. The number of hydrogen-bond donors (Lipinski definition) is 1. The van der Waals surface area contributed by atoms with Gasteiger partial charge in [0.1, 0.15) is 12.3 Å². The molecule has 3 rings (SSSR count). The molecule has 1 N–H and O–H groups in total. The fourth-order valence-electron chi connectivity index (χ4n) is 3.48.